The normalized spacial score (nSPS) is 12.1. The summed E-state index contributed by atoms with van der Waals surface area (Å²) in [6.45, 7) is 5.33. The van der Waals surface area contributed by atoms with Crippen molar-refractivity contribution in [3.8, 4) is 0 Å². The van der Waals surface area contributed by atoms with Gasteiger partial charge in [-0.3, -0.25) is 0 Å². The molecule has 1 aromatic rings. The molecule has 1 aromatic carbocycles. The van der Waals surface area contributed by atoms with Crippen molar-refractivity contribution in [2.75, 3.05) is 5.75 Å². The number of halogens is 3. The molecule has 0 saturated heterocycles. The average molecular weight is 321 g/mol. The molecule has 0 aliphatic rings. The number of amides is 1. The lowest BCUT2D eigenvalue weighted by Gasteiger charge is -2.20. The third-order valence-electron chi connectivity index (χ3n) is 2.19. The van der Waals surface area contributed by atoms with Crippen LogP contribution < -0.4 is 5.32 Å². The highest BCUT2D eigenvalue weighted by molar-refractivity contribution is 7.99. The molecule has 0 atom stereocenters. The molecule has 0 spiro atoms. The summed E-state index contributed by atoms with van der Waals surface area (Å²) in [6.07, 6.45) is -4.82. The SMILES string of the molecule is CC(C)(C)OC(=O)NCc1ccccc1SCC(F)(F)F. The second-order valence-corrected chi connectivity index (χ2v) is 6.38. The van der Waals surface area contributed by atoms with Crippen molar-refractivity contribution in [2.45, 2.75) is 44.0 Å². The predicted molar refractivity (Wildman–Crippen MR) is 76.3 cm³/mol. The van der Waals surface area contributed by atoms with Crippen LogP contribution in [0, 0.1) is 0 Å². The molecule has 3 nitrogen and oxygen atoms in total. The summed E-state index contributed by atoms with van der Waals surface area (Å²) in [5.74, 6) is -0.962. The van der Waals surface area contributed by atoms with Gasteiger partial charge in [-0.05, 0) is 32.4 Å². The smallest absolute Gasteiger partial charge is 0.407 e. The van der Waals surface area contributed by atoms with Crippen molar-refractivity contribution in [2.24, 2.45) is 0 Å². The molecule has 0 saturated carbocycles. The van der Waals surface area contributed by atoms with E-state index >= 15 is 0 Å². The number of ether oxygens (including phenoxy) is 1. The maximum absolute atomic E-state index is 12.3. The number of thioether (sulfide) groups is 1. The topological polar surface area (TPSA) is 38.3 Å². The molecular formula is C14H18F3NO2S. The van der Waals surface area contributed by atoms with Gasteiger partial charge >= 0.3 is 12.3 Å². The van der Waals surface area contributed by atoms with Gasteiger partial charge in [-0.15, -0.1) is 11.8 Å². The number of carbonyl (C=O) groups is 1. The fraction of sp³-hybridized carbons (Fsp3) is 0.500. The Balaban J connectivity index is 2.61. The van der Waals surface area contributed by atoms with E-state index in [0.717, 1.165) is 0 Å². The van der Waals surface area contributed by atoms with Crippen LogP contribution in [-0.2, 0) is 11.3 Å². The first-order chi connectivity index (χ1) is 9.57. The van der Waals surface area contributed by atoms with Crippen LogP contribution >= 0.6 is 11.8 Å². The molecule has 0 aliphatic heterocycles. The van der Waals surface area contributed by atoms with E-state index in [1.807, 2.05) is 0 Å². The van der Waals surface area contributed by atoms with Crippen LogP contribution in [-0.4, -0.2) is 23.6 Å². The lowest BCUT2D eigenvalue weighted by Crippen LogP contribution is -2.32. The maximum atomic E-state index is 12.3. The van der Waals surface area contributed by atoms with Crippen molar-refractivity contribution in [3.63, 3.8) is 0 Å². The predicted octanol–water partition coefficient (Wildman–Crippen LogP) is 4.37. The fourth-order valence-corrected chi connectivity index (χ4v) is 2.25. The highest BCUT2D eigenvalue weighted by Gasteiger charge is 2.27. The minimum Gasteiger partial charge on any atom is -0.444 e. The monoisotopic (exact) mass is 321 g/mol. The van der Waals surface area contributed by atoms with Crippen molar-refractivity contribution in [1.29, 1.82) is 0 Å². The van der Waals surface area contributed by atoms with E-state index in [-0.39, 0.29) is 6.54 Å². The van der Waals surface area contributed by atoms with Crippen molar-refractivity contribution in [1.82, 2.24) is 5.32 Å². The summed E-state index contributed by atoms with van der Waals surface area (Å²) in [4.78, 5) is 12.0. The molecule has 0 bridgehead atoms. The number of alkyl halides is 3. The Morgan fingerprint density at radius 1 is 1.24 bits per heavy atom. The van der Waals surface area contributed by atoms with Crippen molar-refractivity contribution in [3.05, 3.63) is 29.8 Å². The molecule has 7 heteroatoms. The van der Waals surface area contributed by atoms with Crippen LogP contribution in [0.4, 0.5) is 18.0 Å². The van der Waals surface area contributed by atoms with E-state index in [0.29, 0.717) is 22.2 Å². The summed E-state index contributed by atoms with van der Waals surface area (Å²) in [6, 6.07) is 6.65. The molecule has 0 radical (unpaired) electrons. The molecule has 0 aromatic heterocycles. The number of nitrogens with one attached hydrogen (secondary N) is 1. The zero-order chi connectivity index (χ0) is 16.1. The third-order valence-corrected chi connectivity index (χ3v) is 3.37. The first kappa shape index (κ1) is 17.7. The van der Waals surface area contributed by atoms with E-state index in [9.17, 15) is 18.0 Å². The van der Waals surface area contributed by atoms with Gasteiger partial charge in [0, 0.05) is 11.4 Å². The number of benzene rings is 1. The molecule has 1 rings (SSSR count). The second-order valence-electron chi connectivity index (χ2n) is 5.37. The molecule has 0 heterocycles. The molecule has 21 heavy (non-hydrogen) atoms. The first-order valence-corrected chi connectivity index (χ1v) is 7.30. The van der Waals surface area contributed by atoms with Crippen LogP contribution in [0.15, 0.2) is 29.2 Å². The molecule has 0 fully saturated rings. The van der Waals surface area contributed by atoms with E-state index in [4.69, 9.17) is 4.74 Å². The Morgan fingerprint density at radius 3 is 2.43 bits per heavy atom. The molecule has 0 unspecified atom stereocenters. The second kappa shape index (κ2) is 7.06. The molecule has 1 N–H and O–H groups in total. The number of alkyl carbamates (subject to hydrolysis) is 1. The largest absolute Gasteiger partial charge is 0.444 e. The average Bonchev–Trinajstić information content (AvgIpc) is 2.32. The van der Waals surface area contributed by atoms with E-state index in [1.165, 1.54) is 0 Å². The maximum Gasteiger partial charge on any atom is 0.407 e. The Labute approximate surface area is 126 Å². The molecule has 118 valence electrons. The Morgan fingerprint density at radius 2 is 1.86 bits per heavy atom. The summed E-state index contributed by atoms with van der Waals surface area (Å²) < 4.78 is 41.9. The zero-order valence-corrected chi connectivity index (χ0v) is 12.9. The number of hydrogen-bond donors (Lipinski definition) is 1. The molecule has 0 aliphatic carbocycles. The van der Waals surface area contributed by atoms with Crippen LogP contribution in [0.5, 0.6) is 0 Å². The minimum absolute atomic E-state index is 0.121. The van der Waals surface area contributed by atoms with Gasteiger partial charge in [-0.2, -0.15) is 13.2 Å². The van der Waals surface area contributed by atoms with Crippen LogP contribution in [0.3, 0.4) is 0 Å². The Hall–Kier alpha value is -1.37. The highest BCUT2D eigenvalue weighted by Crippen LogP contribution is 2.29. The van der Waals surface area contributed by atoms with E-state index < -0.39 is 23.6 Å². The summed E-state index contributed by atoms with van der Waals surface area (Å²) in [7, 11) is 0. The van der Waals surface area contributed by atoms with Crippen LogP contribution in [0.2, 0.25) is 0 Å². The number of rotatable bonds is 4. The van der Waals surface area contributed by atoms with Crippen LogP contribution in [0.1, 0.15) is 26.3 Å². The lowest BCUT2D eigenvalue weighted by molar-refractivity contribution is -0.105. The summed E-state index contributed by atoms with van der Waals surface area (Å²) >= 11 is 0.702. The van der Waals surface area contributed by atoms with Crippen molar-refractivity contribution >= 4 is 17.9 Å². The van der Waals surface area contributed by atoms with E-state index in [2.05, 4.69) is 5.32 Å². The fourth-order valence-electron chi connectivity index (χ4n) is 1.43. The first-order valence-electron chi connectivity index (χ1n) is 6.31. The van der Waals surface area contributed by atoms with Gasteiger partial charge in [0.1, 0.15) is 5.60 Å². The van der Waals surface area contributed by atoms with Crippen LogP contribution in [0.25, 0.3) is 0 Å². The van der Waals surface area contributed by atoms with Gasteiger partial charge in [0.2, 0.25) is 0 Å². The number of hydrogen-bond acceptors (Lipinski definition) is 3. The van der Waals surface area contributed by atoms with Gasteiger partial charge < -0.3 is 10.1 Å². The van der Waals surface area contributed by atoms with Gasteiger partial charge in [0.15, 0.2) is 0 Å². The minimum atomic E-state index is -4.23. The lowest BCUT2D eigenvalue weighted by atomic mass is 10.2. The van der Waals surface area contributed by atoms with E-state index in [1.54, 1.807) is 45.0 Å². The van der Waals surface area contributed by atoms with Gasteiger partial charge in [-0.1, -0.05) is 18.2 Å². The Bertz CT molecular complexity index is 484. The zero-order valence-electron chi connectivity index (χ0n) is 12.1. The van der Waals surface area contributed by atoms with Gasteiger partial charge in [-0.25, -0.2) is 4.79 Å². The Kier molecular flexibility index (Phi) is 5.95. The summed E-state index contributed by atoms with van der Waals surface area (Å²) in [5, 5.41) is 2.54. The molecular weight excluding hydrogens is 303 g/mol. The highest BCUT2D eigenvalue weighted by atomic mass is 32.2. The standard InChI is InChI=1S/C14H18F3NO2S/c1-13(2,3)20-12(19)18-8-10-6-4-5-7-11(10)21-9-14(15,16)17/h4-7H,8-9H2,1-3H3,(H,18,19). The summed E-state index contributed by atoms with van der Waals surface area (Å²) in [5.41, 5.74) is 0.00635. The third kappa shape index (κ3) is 7.84. The van der Waals surface area contributed by atoms with Gasteiger partial charge in [0.25, 0.3) is 0 Å². The molecule has 1 amide bonds. The van der Waals surface area contributed by atoms with Crippen molar-refractivity contribution < 1.29 is 22.7 Å². The number of carbonyl (C=O) groups excluding carboxylic acids is 1. The van der Waals surface area contributed by atoms with Gasteiger partial charge in [0.05, 0.1) is 5.75 Å². The quantitative estimate of drug-likeness (QED) is 0.837.